The van der Waals surface area contributed by atoms with Gasteiger partial charge >= 0.3 is 12.0 Å². The van der Waals surface area contributed by atoms with Crippen molar-refractivity contribution in [1.82, 2.24) is 9.80 Å². The second-order valence-electron chi connectivity index (χ2n) is 5.46. The first-order valence-corrected chi connectivity index (χ1v) is 6.54. The average molecular weight is 272 g/mol. The molecule has 2 rings (SSSR count). The van der Waals surface area contributed by atoms with Crippen molar-refractivity contribution in [2.45, 2.75) is 38.0 Å². The number of carboxylic acids is 1. The molecule has 2 fully saturated rings. The Bertz CT molecular complexity index is 375. The molecule has 0 aliphatic carbocycles. The number of amides is 2. The topological polar surface area (TPSA) is 101 Å². The largest absolute Gasteiger partial charge is 0.480 e. The van der Waals surface area contributed by atoms with E-state index < -0.39 is 24.2 Å². The molecule has 108 valence electrons. The summed E-state index contributed by atoms with van der Waals surface area (Å²) < 4.78 is 0. The van der Waals surface area contributed by atoms with E-state index in [4.69, 9.17) is 5.11 Å². The zero-order valence-corrected chi connectivity index (χ0v) is 10.9. The molecule has 0 aromatic rings. The van der Waals surface area contributed by atoms with Gasteiger partial charge in [-0.3, -0.25) is 0 Å². The third-order valence-electron chi connectivity index (χ3n) is 3.94. The highest BCUT2D eigenvalue weighted by Crippen LogP contribution is 2.23. The van der Waals surface area contributed by atoms with E-state index in [9.17, 15) is 19.8 Å². The predicted octanol–water partition coefficient (Wildman–Crippen LogP) is -0.671. The summed E-state index contributed by atoms with van der Waals surface area (Å²) in [5.74, 6) is -1.11. The molecule has 2 amide bonds. The third kappa shape index (κ3) is 2.82. The van der Waals surface area contributed by atoms with Crippen molar-refractivity contribution in [1.29, 1.82) is 0 Å². The van der Waals surface area contributed by atoms with Crippen molar-refractivity contribution in [2.24, 2.45) is 5.92 Å². The zero-order valence-electron chi connectivity index (χ0n) is 10.9. The van der Waals surface area contributed by atoms with Crippen LogP contribution in [0.4, 0.5) is 4.79 Å². The Morgan fingerprint density at radius 2 is 1.89 bits per heavy atom. The summed E-state index contributed by atoms with van der Waals surface area (Å²) in [6.07, 6.45) is -0.616. The van der Waals surface area contributed by atoms with Gasteiger partial charge in [0.15, 0.2) is 0 Å². The molecule has 3 N–H and O–H groups in total. The fraction of sp³-hybridized carbons (Fsp3) is 0.833. The number of urea groups is 1. The van der Waals surface area contributed by atoms with Crippen molar-refractivity contribution in [2.75, 3.05) is 19.6 Å². The van der Waals surface area contributed by atoms with E-state index in [0.717, 1.165) is 0 Å². The fourth-order valence-electron chi connectivity index (χ4n) is 2.75. The quantitative estimate of drug-likeness (QED) is 0.587. The first-order chi connectivity index (χ1) is 8.90. The second-order valence-corrected chi connectivity index (χ2v) is 5.46. The van der Waals surface area contributed by atoms with E-state index in [-0.39, 0.29) is 24.9 Å². The summed E-state index contributed by atoms with van der Waals surface area (Å²) in [6, 6.07) is -1.31. The lowest BCUT2D eigenvalue weighted by Crippen LogP contribution is -2.53. The maximum atomic E-state index is 12.3. The molecule has 0 aromatic heterocycles. The van der Waals surface area contributed by atoms with Crippen LogP contribution in [-0.4, -0.2) is 75.0 Å². The Kier molecular flexibility index (Phi) is 3.96. The molecule has 0 spiro atoms. The number of carbonyl (C=O) groups is 2. The highest BCUT2D eigenvalue weighted by atomic mass is 16.4. The molecule has 7 heteroatoms. The van der Waals surface area contributed by atoms with Crippen molar-refractivity contribution >= 4 is 12.0 Å². The van der Waals surface area contributed by atoms with Crippen molar-refractivity contribution in [3.63, 3.8) is 0 Å². The van der Waals surface area contributed by atoms with E-state index in [1.54, 1.807) is 4.90 Å². The van der Waals surface area contributed by atoms with E-state index in [1.807, 2.05) is 6.92 Å². The molecule has 0 bridgehead atoms. The van der Waals surface area contributed by atoms with Gasteiger partial charge in [0.25, 0.3) is 0 Å². The number of aliphatic hydroxyl groups is 2. The van der Waals surface area contributed by atoms with Gasteiger partial charge in [-0.1, -0.05) is 6.92 Å². The van der Waals surface area contributed by atoms with Crippen LogP contribution in [0.1, 0.15) is 19.8 Å². The standard InChI is InChI=1S/C12H20N2O5/c1-7-5-13(3-2-10(7)16)12(19)14-6-8(15)4-9(14)11(17)18/h7-10,15-16H,2-6H2,1H3,(H,17,18)/t7?,8-,9-,10?/m0/s1. The van der Waals surface area contributed by atoms with Gasteiger partial charge in [0.05, 0.1) is 12.2 Å². The maximum absolute atomic E-state index is 12.3. The number of carbonyl (C=O) groups excluding carboxylic acids is 1. The average Bonchev–Trinajstić information content (AvgIpc) is 2.74. The number of likely N-dealkylation sites (tertiary alicyclic amines) is 2. The molecule has 2 unspecified atom stereocenters. The number of hydrogen-bond acceptors (Lipinski definition) is 4. The predicted molar refractivity (Wildman–Crippen MR) is 65.5 cm³/mol. The highest BCUT2D eigenvalue weighted by Gasteiger charge is 2.41. The summed E-state index contributed by atoms with van der Waals surface area (Å²) in [4.78, 5) is 26.2. The van der Waals surface area contributed by atoms with Crippen LogP contribution in [0.2, 0.25) is 0 Å². The minimum absolute atomic E-state index is 0.0199. The van der Waals surface area contributed by atoms with Crippen LogP contribution in [0, 0.1) is 5.92 Å². The summed E-state index contributed by atoms with van der Waals surface area (Å²) >= 11 is 0. The molecular formula is C12H20N2O5. The fourth-order valence-corrected chi connectivity index (χ4v) is 2.75. The molecule has 4 atom stereocenters. The first-order valence-electron chi connectivity index (χ1n) is 6.54. The molecule has 19 heavy (non-hydrogen) atoms. The lowest BCUT2D eigenvalue weighted by atomic mass is 9.97. The van der Waals surface area contributed by atoms with Crippen LogP contribution in [0.15, 0.2) is 0 Å². The van der Waals surface area contributed by atoms with Crippen LogP contribution < -0.4 is 0 Å². The molecule has 2 saturated heterocycles. The molecule has 0 aromatic carbocycles. The normalized spacial score (nSPS) is 35.5. The number of piperidine rings is 1. The number of carboxylic acid groups (broad SMARTS) is 1. The van der Waals surface area contributed by atoms with Crippen molar-refractivity contribution < 1.29 is 24.9 Å². The molecular weight excluding hydrogens is 252 g/mol. The maximum Gasteiger partial charge on any atom is 0.326 e. The number of nitrogens with zero attached hydrogens (tertiary/aromatic N) is 2. The second kappa shape index (κ2) is 5.34. The van der Waals surface area contributed by atoms with Crippen molar-refractivity contribution in [3.05, 3.63) is 0 Å². The highest BCUT2D eigenvalue weighted by molar-refractivity contribution is 5.83. The zero-order chi connectivity index (χ0) is 14.2. The smallest absolute Gasteiger partial charge is 0.326 e. The Hall–Kier alpha value is -1.34. The molecule has 2 heterocycles. The summed E-state index contributed by atoms with van der Waals surface area (Å²) in [5.41, 5.74) is 0. The summed E-state index contributed by atoms with van der Waals surface area (Å²) in [6.45, 7) is 2.75. The van der Waals surface area contributed by atoms with Crippen LogP contribution in [0.5, 0.6) is 0 Å². The lowest BCUT2D eigenvalue weighted by Gasteiger charge is -2.37. The number of aliphatic hydroxyl groups excluding tert-OH is 2. The molecule has 0 saturated carbocycles. The van der Waals surface area contributed by atoms with Crippen LogP contribution in [0.3, 0.4) is 0 Å². The van der Waals surface area contributed by atoms with E-state index in [2.05, 4.69) is 0 Å². The van der Waals surface area contributed by atoms with Crippen LogP contribution in [0.25, 0.3) is 0 Å². The number of β-amino-alcohol motifs (C(OH)–C–C–N with tert-alkyl or cyclic N) is 1. The Balaban J connectivity index is 2.04. The minimum atomic E-state index is -1.09. The van der Waals surface area contributed by atoms with Gasteiger partial charge in [0.1, 0.15) is 6.04 Å². The SMILES string of the molecule is CC1CN(C(=O)N2C[C@@H](O)C[C@H]2C(=O)O)CCC1O. The minimum Gasteiger partial charge on any atom is -0.480 e. The number of rotatable bonds is 1. The Labute approximate surface area is 111 Å². The van der Waals surface area contributed by atoms with E-state index in [0.29, 0.717) is 19.5 Å². The molecule has 0 radical (unpaired) electrons. The summed E-state index contributed by atoms with van der Waals surface area (Å²) in [7, 11) is 0. The molecule has 2 aliphatic rings. The van der Waals surface area contributed by atoms with Crippen LogP contribution >= 0.6 is 0 Å². The van der Waals surface area contributed by atoms with Gasteiger partial charge < -0.3 is 25.1 Å². The van der Waals surface area contributed by atoms with E-state index >= 15 is 0 Å². The Morgan fingerprint density at radius 1 is 1.21 bits per heavy atom. The Morgan fingerprint density at radius 3 is 2.47 bits per heavy atom. The van der Waals surface area contributed by atoms with Gasteiger partial charge in [-0.25, -0.2) is 9.59 Å². The van der Waals surface area contributed by atoms with Crippen LogP contribution in [-0.2, 0) is 4.79 Å². The van der Waals surface area contributed by atoms with Gasteiger partial charge in [0.2, 0.25) is 0 Å². The van der Waals surface area contributed by atoms with Crippen molar-refractivity contribution in [3.8, 4) is 0 Å². The first kappa shape index (κ1) is 14.1. The lowest BCUT2D eigenvalue weighted by molar-refractivity contribution is -0.141. The monoisotopic (exact) mass is 272 g/mol. The number of aliphatic carboxylic acids is 1. The third-order valence-corrected chi connectivity index (χ3v) is 3.94. The van der Waals surface area contributed by atoms with E-state index in [1.165, 1.54) is 4.90 Å². The summed E-state index contributed by atoms with van der Waals surface area (Å²) in [5, 5.41) is 28.3. The van der Waals surface area contributed by atoms with Gasteiger partial charge in [0, 0.05) is 26.1 Å². The molecule has 2 aliphatic heterocycles. The van der Waals surface area contributed by atoms with Gasteiger partial charge in [-0.15, -0.1) is 0 Å². The number of hydrogen-bond donors (Lipinski definition) is 3. The molecule has 7 nitrogen and oxygen atoms in total. The van der Waals surface area contributed by atoms with Gasteiger partial charge in [-0.05, 0) is 12.3 Å². The van der Waals surface area contributed by atoms with Gasteiger partial charge in [-0.2, -0.15) is 0 Å².